The smallest absolute Gasteiger partial charge is 0.306 e. The first-order valence-corrected chi connectivity index (χ1v) is 19.8. The van der Waals surface area contributed by atoms with Gasteiger partial charge in [-0.3, -0.25) is 14.5 Å². The van der Waals surface area contributed by atoms with Gasteiger partial charge in [-0.1, -0.05) is 19.8 Å². The normalized spacial score (nSPS) is 32.5. The van der Waals surface area contributed by atoms with Gasteiger partial charge in [0.2, 0.25) is 0 Å². The van der Waals surface area contributed by atoms with Crippen LogP contribution in [0.2, 0.25) is 0 Å². The second-order valence-electron chi connectivity index (χ2n) is 20.0. The van der Waals surface area contributed by atoms with Crippen LogP contribution in [-0.4, -0.2) is 90.8 Å². The van der Waals surface area contributed by atoms with Gasteiger partial charge >= 0.3 is 5.97 Å². The molecule has 0 radical (unpaired) electrons. The molecule has 1 saturated carbocycles. The standard InChI is InChI=1S/C21H37NO3.C11H23NO.C10H19NO2/c1-6-15-7-8-16(17(11-15)9-10-23)12-19(24)25-14-18-13-20(2,3)22-21(18,4)5;1-10(2)7-9(8-13-6)11(3,4)12(10)5;1-9(2)5-8(6-13-7-12)10(3,4)11-9/h10,15-18,22H,6-9,11-14H2,1-5H3;9H,7-8H2,1-6H3;7-8,11H,5-6H2,1-4H3. The molecule has 1 aliphatic carbocycles. The van der Waals surface area contributed by atoms with Crippen molar-refractivity contribution in [3.8, 4) is 0 Å². The van der Waals surface area contributed by atoms with Crippen LogP contribution in [0.4, 0.5) is 0 Å². The SMILES string of the molecule is CC1(C)CC(COC=O)C(C)(C)N1.CCC1CCC(CC(=O)OCC2CC(C)(C)NC2(C)C)C(CC=O)C1.COCC1CC(C)(C)N(C)C1(C)C. The molecule has 4 aliphatic rings. The highest BCUT2D eigenvalue weighted by atomic mass is 16.5. The first-order valence-electron chi connectivity index (χ1n) is 19.8. The van der Waals surface area contributed by atoms with Crippen LogP contribution in [0.3, 0.4) is 0 Å². The van der Waals surface area contributed by atoms with Gasteiger partial charge in [-0.15, -0.1) is 0 Å². The molecule has 3 aliphatic heterocycles. The molecule has 2 N–H and O–H groups in total. The monoisotopic (exact) mass is 722 g/mol. The number of esters is 1. The van der Waals surface area contributed by atoms with Crippen LogP contribution in [0.5, 0.6) is 0 Å². The first kappa shape index (κ1) is 45.6. The predicted molar refractivity (Wildman–Crippen MR) is 208 cm³/mol. The van der Waals surface area contributed by atoms with Gasteiger partial charge in [0.05, 0.1) is 19.8 Å². The van der Waals surface area contributed by atoms with E-state index in [-0.39, 0.29) is 33.7 Å². The van der Waals surface area contributed by atoms with Crippen molar-refractivity contribution in [3.05, 3.63) is 0 Å². The van der Waals surface area contributed by atoms with Crippen molar-refractivity contribution in [3.63, 3.8) is 0 Å². The summed E-state index contributed by atoms with van der Waals surface area (Å²) in [7, 11) is 4.01. The van der Waals surface area contributed by atoms with Crippen molar-refractivity contribution >= 4 is 18.7 Å². The van der Waals surface area contributed by atoms with Crippen LogP contribution in [-0.2, 0) is 28.6 Å². The van der Waals surface area contributed by atoms with Crippen molar-refractivity contribution in [1.82, 2.24) is 15.5 Å². The summed E-state index contributed by atoms with van der Waals surface area (Å²) in [5.74, 6) is 2.69. The molecule has 0 aromatic carbocycles. The number of rotatable bonds is 12. The quantitative estimate of drug-likeness (QED) is 0.156. The lowest BCUT2D eigenvalue weighted by molar-refractivity contribution is -0.147. The van der Waals surface area contributed by atoms with E-state index in [0.29, 0.717) is 73.6 Å². The molecule has 298 valence electrons. The van der Waals surface area contributed by atoms with Gasteiger partial charge in [0.1, 0.15) is 6.29 Å². The summed E-state index contributed by atoms with van der Waals surface area (Å²) >= 11 is 0. The van der Waals surface area contributed by atoms with Crippen LogP contribution in [0.15, 0.2) is 0 Å². The molecule has 3 heterocycles. The Morgan fingerprint density at radius 1 is 0.765 bits per heavy atom. The van der Waals surface area contributed by atoms with Crippen LogP contribution in [0.25, 0.3) is 0 Å². The van der Waals surface area contributed by atoms with Crippen LogP contribution in [0.1, 0.15) is 148 Å². The largest absolute Gasteiger partial charge is 0.468 e. The lowest BCUT2D eigenvalue weighted by Gasteiger charge is -2.38. The zero-order valence-corrected chi connectivity index (χ0v) is 35.5. The Bertz CT molecular complexity index is 1120. The van der Waals surface area contributed by atoms with Gasteiger partial charge < -0.3 is 29.6 Å². The number of ether oxygens (including phenoxy) is 3. The first-order chi connectivity index (χ1) is 23.4. The second-order valence-corrected chi connectivity index (χ2v) is 20.0. The number of methoxy groups -OCH3 is 1. The Balaban J connectivity index is 0.000000292. The third-order valence-corrected chi connectivity index (χ3v) is 13.2. The van der Waals surface area contributed by atoms with Crippen LogP contribution < -0.4 is 10.6 Å². The average molecular weight is 722 g/mol. The van der Waals surface area contributed by atoms with Gasteiger partial charge in [0, 0.05) is 70.9 Å². The molecule has 4 rings (SSSR count). The Hall–Kier alpha value is -1.55. The third-order valence-electron chi connectivity index (χ3n) is 13.2. The van der Waals surface area contributed by atoms with Crippen molar-refractivity contribution in [1.29, 1.82) is 0 Å². The van der Waals surface area contributed by atoms with E-state index < -0.39 is 0 Å². The molecule has 6 atom stereocenters. The fraction of sp³-hybridized carbons (Fsp3) is 0.929. The number of carbonyl (C=O) groups is 3. The molecule has 0 aromatic heterocycles. The van der Waals surface area contributed by atoms with E-state index in [1.54, 1.807) is 7.11 Å². The topological polar surface area (TPSA) is 106 Å². The molecule has 0 amide bonds. The van der Waals surface area contributed by atoms with Crippen LogP contribution in [0, 0.1) is 35.5 Å². The van der Waals surface area contributed by atoms with E-state index in [1.165, 1.54) is 19.3 Å². The molecule has 0 spiro atoms. The van der Waals surface area contributed by atoms with Crippen LogP contribution >= 0.6 is 0 Å². The third kappa shape index (κ3) is 13.1. The highest BCUT2D eigenvalue weighted by Crippen LogP contribution is 2.44. The summed E-state index contributed by atoms with van der Waals surface area (Å²) in [6.45, 7) is 31.3. The van der Waals surface area contributed by atoms with Crippen molar-refractivity contribution < 1.29 is 28.6 Å². The zero-order chi connectivity index (χ0) is 39.1. The molecule has 0 aromatic rings. The molecule has 0 bridgehead atoms. The fourth-order valence-corrected chi connectivity index (χ4v) is 9.93. The number of carbonyl (C=O) groups excluding carboxylic acids is 3. The lowest BCUT2D eigenvalue weighted by Crippen LogP contribution is -2.47. The molecular formula is C42H79N3O6. The second kappa shape index (κ2) is 18.2. The molecule has 4 fully saturated rings. The van der Waals surface area contributed by atoms with Gasteiger partial charge in [-0.05, 0) is 140 Å². The molecule has 9 nitrogen and oxygen atoms in total. The number of nitrogens with zero attached hydrogens (tertiary/aromatic N) is 1. The van der Waals surface area contributed by atoms with E-state index in [0.717, 1.165) is 38.6 Å². The summed E-state index contributed by atoms with van der Waals surface area (Å²) in [5.41, 5.74) is 0.871. The summed E-state index contributed by atoms with van der Waals surface area (Å²) in [6, 6.07) is 0. The lowest BCUT2D eigenvalue weighted by atomic mass is 9.71. The number of aldehydes is 1. The molecule has 51 heavy (non-hydrogen) atoms. The molecule has 6 unspecified atom stereocenters. The van der Waals surface area contributed by atoms with E-state index in [1.807, 2.05) is 0 Å². The number of likely N-dealkylation sites (tertiary alicyclic amines) is 1. The maximum atomic E-state index is 12.4. The maximum absolute atomic E-state index is 12.4. The highest BCUT2D eigenvalue weighted by molar-refractivity contribution is 5.69. The van der Waals surface area contributed by atoms with E-state index in [9.17, 15) is 14.4 Å². The Kier molecular flexibility index (Phi) is 16.3. The number of hydrogen-bond donors (Lipinski definition) is 2. The number of hydrogen-bond acceptors (Lipinski definition) is 9. The average Bonchev–Trinajstić information content (AvgIpc) is 3.43. The maximum Gasteiger partial charge on any atom is 0.306 e. The minimum absolute atomic E-state index is 0.0109. The summed E-state index contributed by atoms with van der Waals surface area (Å²) in [5, 5.41) is 7.16. The van der Waals surface area contributed by atoms with Gasteiger partial charge in [-0.25, -0.2) is 0 Å². The summed E-state index contributed by atoms with van der Waals surface area (Å²) in [4.78, 5) is 36.0. The zero-order valence-electron chi connectivity index (χ0n) is 35.5. The highest BCUT2D eigenvalue weighted by Gasteiger charge is 2.49. The summed E-state index contributed by atoms with van der Waals surface area (Å²) in [6.07, 6.45) is 9.86. The minimum Gasteiger partial charge on any atom is -0.468 e. The molecule has 3 saturated heterocycles. The van der Waals surface area contributed by atoms with Crippen molar-refractivity contribution in [2.24, 2.45) is 35.5 Å². The fourth-order valence-electron chi connectivity index (χ4n) is 9.93. The van der Waals surface area contributed by atoms with E-state index >= 15 is 0 Å². The predicted octanol–water partition coefficient (Wildman–Crippen LogP) is 7.59. The minimum atomic E-state index is -0.0867. The van der Waals surface area contributed by atoms with E-state index in [4.69, 9.17) is 14.2 Å². The van der Waals surface area contributed by atoms with E-state index in [2.05, 4.69) is 113 Å². The molecule has 9 heteroatoms. The Morgan fingerprint density at radius 2 is 1.31 bits per heavy atom. The summed E-state index contributed by atoms with van der Waals surface area (Å²) < 4.78 is 15.8. The van der Waals surface area contributed by atoms with Crippen molar-refractivity contribution in [2.75, 3.05) is 34.0 Å². The van der Waals surface area contributed by atoms with Gasteiger partial charge in [-0.2, -0.15) is 0 Å². The van der Waals surface area contributed by atoms with Gasteiger partial charge in [0.25, 0.3) is 6.47 Å². The van der Waals surface area contributed by atoms with Crippen molar-refractivity contribution in [2.45, 2.75) is 181 Å². The Morgan fingerprint density at radius 3 is 1.73 bits per heavy atom. The number of nitrogens with one attached hydrogen (secondary N) is 2. The van der Waals surface area contributed by atoms with Gasteiger partial charge in [0.15, 0.2) is 0 Å². The molecular weight excluding hydrogens is 642 g/mol. The Labute approximate surface area is 312 Å².